The molecule has 4 aromatic carbocycles. The average molecular weight is 775 g/mol. The Morgan fingerprint density at radius 3 is 1.64 bits per heavy atom. The van der Waals surface area contributed by atoms with Gasteiger partial charge < -0.3 is 24.8 Å². The van der Waals surface area contributed by atoms with Gasteiger partial charge in [-0.15, -0.1) is 0 Å². The predicted octanol–water partition coefficient (Wildman–Crippen LogP) is 6.33. The summed E-state index contributed by atoms with van der Waals surface area (Å²) in [5.74, 6) is 0.423. The molecule has 1 unspecified atom stereocenters. The quantitative estimate of drug-likeness (QED) is 0.228. The summed E-state index contributed by atoms with van der Waals surface area (Å²) in [6.07, 6.45) is 7.57. The number of halogens is 2. The van der Waals surface area contributed by atoms with Gasteiger partial charge >= 0.3 is 298 Å². The third-order valence-electron chi connectivity index (χ3n) is 11.9. The van der Waals surface area contributed by atoms with E-state index in [2.05, 4.69) is 166 Å². The van der Waals surface area contributed by atoms with E-state index in [0.717, 1.165) is 0 Å². The van der Waals surface area contributed by atoms with Gasteiger partial charge in [-0.25, -0.2) is 0 Å². The zero-order valence-corrected chi connectivity index (χ0v) is 35.1. The molecule has 0 aliphatic heterocycles. The summed E-state index contributed by atoms with van der Waals surface area (Å²) < 4.78 is 3.84. The summed E-state index contributed by atoms with van der Waals surface area (Å²) in [6.45, 7) is 23.9. The molecule has 0 fully saturated rings. The Morgan fingerprint density at radius 2 is 1.14 bits per heavy atom. The Labute approximate surface area is 320 Å². The van der Waals surface area contributed by atoms with Crippen LogP contribution in [0.2, 0.25) is 0 Å². The van der Waals surface area contributed by atoms with Crippen LogP contribution < -0.4 is 24.8 Å². The minimum Gasteiger partial charge on any atom is -1.00 e. The summed E-state index contributed by atoms with van der Waals surface area (Å²) in [4.78, 5) is 0. The number of rotatable bonds is 4. The van der Waals surface area contributed by atoms with Crippen LogP contribution in [0.4, 0.5) is 0 Å². The smallest absolute Gasteiger partial charge is 1.00 e. The van der Waals surface area contributed by atoms with E-state index >= 15 is 0 Å². The van der Waals surface area contributed by atoms with Crippen molar-refractivity contribution in [2.75, 3.05) is 0 Å². The monoisotopic (exact) mass is 772 g/mol. The number of hydrogen-bond acceptors (Lipinski definition) is 0. The largest absolute Gasteiger partial charge is 1.00 e. The molecule has 0 radical (unpaired) electrons. The molecule has 0 spiro atoms. The van der Waals surface area contributed by atoms with Crippen LogP contribution in [0.15, 0.2) is 106 Å². The average Bonchev–Trinajstić information content (AvgIpc) is 3.68. The summed E-state index contributed by atoms with van der Waals surface area (Å²) in [5.41, 5.74) is 22.0. The Hall–Kier alpha value is -2.83. The van der Waals surface area contributed by atoms with Gasteiger partial charge in [-0.1, -0.05) is 0 Å². The summed E-state index contributed by atoms with van der Waals surface area (Å²) in [5, 5.41) is 0. The second-order valence-electron chi connectivity index (χ2n) is 16.2. The van der Waals surface area contributed by atoms with Gasteiger partial charge in [0, 0.05) is 0 Å². The molecular formula is C47H48Cl2Zr. The van der Waals surface area contributed by atoms with Gasteiger partial charge in [-0.2, -0.15) is 0 Å². The minimum atomic E-state index is -2.76. The van der Waals surface area contributed by atoms with Gasteiger partial charge in [0.25, 0.3) is 0 Å². The van der Waals surface area contributed by atoms with Crippen LogP contribution in [0.25, 0.3) is 27.8 Å². The number of hydrogen-bond donors (Lipinski definition) is 0. The number of allylic oxidation sites excluding steroid dienone is 8. The molecular weight excluding hydrogens is 727 g/mol. The normalized spacial score (nSPS) is 19.4. The first-order chi connectivity index (χ1) is 22.8. The molecule has 0 saturated heterocycles. The van der Waals surface area contributed by atoms with Crippen molar-refractivity contribution in [1.82, 2.24) is 0 Å². The van der Waals surface area contributed by atoms with Crippen LogP contribution in [-0.2, 0) is 32.1 Å². The van der Waals surface area contributed by atoms with E-state index in [1.165, 1.54) is 72.4 Å². The first-order valence-corrected chi connectivity index (χ1v) is 21.7. The zero-order valence-electron chi connectivity index (χ0n) is 31.1. The Bertz CT molecular complexity index is 2130. The number of aryl methyl sites for hydroxylation is 1. The molecule has 0 amide bonds. The molecule has 0 aromatic heterocycles. The van der Waals surface area contributed by atoms with E-state index in [4.69, 9.17) is 0 Å². The van der Waals surface area contributed by atoms with Crippen molar-refractivity contribution >= 4 is 19.9 Å². The molecule has 0 N–H and O–H groups in total. The predicted molar refractivity (Wildman–Crippen MR) is 204 cm³/mol. The van der Waals surface area contributed by atoms with Crippen LogP contribution in [0.5, 0.6) is 0 Å². The fourth-order valence-electron chi connectivity index (χ4n) is 9.62. The number of benzene rings is 4. The molecule has 4 aliphatic rings. The third kappa shape index (κ3) is 5.63. The van der Waals surface area contributed by atoms with Crippen LogP contribution >= 0.6 is 0 Å². The van der Waals surface area contributed by atoms with Crippen molar-refractivity contribution < 1.29 is 46.1 Å². The van der Waals surface area contributed by atoms with Crippen molar-refractivity contribution in [2.24, 2.45) is 5.92 Å². The molecule has 8 rings (SSSR count). The van der Waals surface area contributed by atoms with Crippen LogP contribution in [-0.4, -0.2) is 3.21 Å². The topological polar surface area (TPSA) is 0 Å². The molecule has 0 nitrogen and oxygen atoms in total. The van der Waals surface area contributed by atoms with Gasteiger partial charge in [-0.3, -0.25) is 0 Å². The maximum absolute atomic E-state index is 2.76. The van der Waals surface area contributed by atoms with E-state index in [1.807, 2.05) is 0 Å². The molecule has 1 atom stereocenters. The van der Waals surface area contributed by atoms with Crippen LogP contribution in [0.1, 0.15) is 116 Å². The maximum atomic E-state index is 2.67. The second-order valence-corrected chi connectivity index (χ2v) is 22.8. The molecule has 0 saturated carbocycles. The van der Waals surface area contributed by atoms with Crippen molar-refractivity contribution in [1.29, 1.82) is 0 Å². The van der Waals surface area contributed by atoms with Gasteiger partial charge in [0.05, 0.1) is 0 Å². The Balaban J connectivity index is 0.00000216. The van der Waals surface area contributed by atoms with Gasteiger partial charge in [0.2, 0.25) is 0 Å². The van der Waals surface area contributed by atoms with E-state index in [-0.39, 0.29) is 35.6 Å². The van der Waals surface area contributed by atoms with E-state index < -0.39 is 21.3 Å². The summed E-state index contributed by atoms with van der Waals surface area (Å²) >= 11 is -2.76. The molecule has 4 aliphatic carbocycles. The van der Waals surface area contributed by atoms with Crippen molar-refractivity contribution in [3.8, 4) is 11.1 Å². The van der Waals surface area contributed by atoms with Crippen molar-refractivity contribution in [2.45, 2.75) is 83.7 Å². The van der Waals surface area contributed by atoms with Gasteiger partial charge in [0.15, 0.2) is 0 Å². The van der Waals surface area contributed by atoms with Gasteiger partial charge in [0.1, 0.15) is 0 Å². The number of fused-ring (bicyclic) bond motifs is 5. The second kappa shape index (κ2) is 13.0. The minimum absolute atomic E-state index is 0. The first kappa shape index (κ1) is 36.9. The van der Waals surface area contributed by atoms with E-state index in [1.54, 1.807) is 17.6 Å². The Morgan fingerprint density at radius 1 is 0.640 bits per heavy atom. The molecule has 3 heteroatoms. The maximum Gasteiger partial charge on any atom is -1.00 e. The fourth-order valence-corrected chi connectivity index (χ4v) is 19.1. The van der Waals surface area contributed by atoms with Gasteiger partial charge in [-0.05, 0) is 0 Å². The van der Waals surface area contributed by atoms with E-state index in [9.17, 15) is 0 Å². The summed E-state index contributed by atoms with van der Waals surface area (Å²) in [7, 11) is 0. The molecule has 254 valence electrons. The third-order valence-corrected chi connectivity index (χ3v) is 21.0. The first-order valence-electron chi connectivity index (χ1n) is 17.8. The molecule has 0 bridgehead atoms. The molecule has 4 aromatic rings. The standard InChI is InChI=1S/C25H25.C13H13.C9H10.2ClH.Zr/c1-14-12-24(3,4)22-8-16-7-17-9-23-19(15(2)13-25(23,5)6)11-21(17)20(16)10-18(14)22;1-10-8-11(2)13(9-10)12-6-4-3-5-7-12;1-3-9-6-4-8(2)5-7-9;;;/h7-13H,1-6H3;3-7,9-10H,1-2H3;4-7H,1-2H3;2*1H;/q;;;;;+2/p-2. The molecule has 50 heavy (non-hydrogen) atoms. The zero-order chi connectivity index (χ0) is 33.9. The van der Waals surface area contributed by atoms with Crippen molar-refractivity contribution in [3.05, 3.63) is 156 Å². The molecule has 0 heterocycles. The summed E-state index contributed by atoms with van der Waals surface area (Å²) in [6, 6.07) is 31.1. The van der Waals surface area contributed by atoms with Crippen LogP contribution in [0, 0.1) is 12.8 Å². The van der Waals surface area contributed by atoms with Crippen molar-refractivity contribution in [3.63, 3.8) is 0 Å². The van der Waals surface area contributed by atoms with Crippen LogP contribution in [0.3, 0.4) is 0 Å². The van der Waals surface area contributed by atoms with E-state index in [0.29, 0.717) is 9.54 Å². The fraction of sp³-hybridized carbons (Fsp3) is 0.298. The Kier molecular flexibility index (Phi) is 9.60. The SMILES string of the molecule is CC1=CC(C)(C)c2cc3c(cc21)-c1cc2c(cc1[CH]3/[Zr+2]([C]1=C(C)C(c3ccccc3)=CC1C)=[C](\C)c1ccc(C)cc1)C(C)(C)C=C2C.[Cl-].[Cl-].